The van der Waals surface area contributed by atoms with Crippen LogP contribution in [0.25, 0.3) is 0 Å². The predicted molar refractivity (Wildman–Crippen MR) is 41.7 cm³/mol. The van der Waals surface area contributed by atoms with Crippen LogP contribution < -0.4 is 0 Å². The van der Waals surface area contributed by atoms with E-state index in [1.807, 2.05) is 6.92 Å². The standard InChI is InChI=1S/C8H18O2/c1-4-9-10-7-5-6-8(2)3/h8H,4-7H2,1-3H3. The van der Waals surface area contributed by atoms with Crippen molar-refractivity contribution in [1.82, 2.24) is 0 Å². The summed E-state index contributed by atoms with van der Waals surface area (Å²) in [6.45, 7) is 7.71. The average molecular weight is 146 g/mol. The molecule has 10 heavy (non-hydrogen) atoms. The van der Waals surface area contributed by atoms with E-state index in [0.29, 0.717) is 6.61 Å². The van der Waals surface area contributed by atoms with E-state index in [2.05, 4.69) is 13.8 Å². The second-order valence-electron chi connectivity index (χ2n) is 2.76. The van der Waals surface area contributed by atoms with Crippen molar-refractivity contribution in [2.24, 2.45) is 5.92 Å². The first-order valence-corrected chi connectivity index (χ1v) is 4.01. The van der Waals surface area contributed by atoms with Gasteiger partial charge in [0.05, 0.1) is 13.2 Å². The molecule has 0 heterocycles. The largest absolute Gasteiger partial charge is 0.237 e. The van der Waals surface area contributed by atoms with E-state index in [1.165, 1.54) is 6.42 Å². The van der Waals surface area contributed by atoms with Crippen LogP contribution in [0.15, 0.2) is 0 Å². The molecule has 0 aliphatic rings. The van der Waals surface area contributed by atoms with Crippen LogP contribution in [0.3, 0.4) is 0 Å². The first-order valence-electron chi connectivity index (χ1n) is 4.01. The zero-order chi connectivity index (χ0) is 7.82. The fraction of sp³-hybridized carbons (Fsp3) is 1.00. The Bertz CT molecular complexity index is 62.3. The van der Waals surface area contributed by atoms with E-state index in [4.69, 9.17) is 9.78 Å². The van der Waals surface area contributed by atoms with Gasteiger partial charge in [0.2, 0.25) is 0 Å². The zero-order valence-electron chi connectivity index (χ0n) is 7.22. The minimum absolute atomic E-state index is 0.641. The third kappa shape index (κ3) is 7.92. The van der Waals surface area contributed by atoms with Crippen molar-refractivity contribution >= 4 is 0 Å². The Balaban J connectivity index is 2.77. The van der Waals surface area contributed by atoms with Gasteiger partial charge in [0.1, 0.15) is 0 Å². The summed E-state index contributed by atoms with van der Waals surface area (Å²) in [5.74, 6) is 0.769. The fourth-order valence-corrected chi connectivity index (χ4v) is 0.693. The summed E-state index contributed by atoms with van der Waals surface area (Å²) in [7, 11) is 0. The molecule has 0 bridgehead atoms. The molecule has 0 aliphatic carbocycles. The van der Waals surface area contributed by atoms with Gasteiger partial charge in [-0.15, -0.1) is 0 Å². The molecule has 0 amide bonds. The molecule has 0 aliphatic heterocycles. The highest BCUT2D eigenvalue weighted by molar-refractivity contribution is 4.42. The molecule has 62 valence electrons. The minimum Gasteiger partial charge on any atom is -0.237 e. The SMILES string of the molecule is CCOOCCCC(C)C. The van der Waals surface area contributed by atoms with E-state index in [9.17, 15) is 0 Å². The quantitative estimate of drug-likeness (QED) is 0.325. The van der Waals surface area contributed by atoms with E-state index >= 15 is 0 Å². The van der Waals surface area contributed by atoms with Crippen molar-refractivity contribution in [1.29, 1.82) is 0 Å². The summed E-state index contributed by atoms with van der Waals surface area (Å²) in [4.78, 5) is 9.55. The van der Waals surface area contributed by atoms with Gasteiger partial charge in [-0.3, -0.25) is 0 Å². The van der Waals surface area contributed by atoms with Gasteiger partial charge >= 0.3 is 0 Å². The molecular formula is C8H18O2. The Morgan fingerprint density at radius 1 is 1.20 bits per heavy atom. The maximum absolute atomic E-state index is 4.83. The molecule has 0 saturated heterocycles. The van der Waals surface area contributed by atoms with Gasteiger partial charge in [-0.1, -0.05) is 13.8 Å². The molecule has 2 nitrogen and oxygen atoms in total. The maximum atomic E-state index is 4.83. The molecule has 2 heteroatoms. The van der Waals surface area contributed by atoms with E-state index in [1.54, 1.807) is 0 Å². The Labute approximate surface area is 63.5 Å². The molecule has 0 unspecified atom stereocenters. The van der Waals surface area contributed by atoms with Crippen LogP contribution in [0, 0.1) is 5.92 Å². The molecule has 0 saturated carbocycles. The van der Waals surface area contributed by atoms with Crippen molar-refractivity contribution < 1.29 is 9.78 Å². The van der Waals surface area contributed by atoms with Crippen LogP contribution in [0.2, 0.25) is 0 Å². The molecule has 0 aromatic heterocycles. The monoisotopic (exact) mass is 146 g/mol. The zero-order valence-corrected chi connectivity index (χ0v) is 7.22. The lowest BCUT2D eigenvalue weighted by molar-refractivity contribution is -0.291. The van der Waals surface area contributed by atoms with Crippen LogP contribution in [0.4, 0.5) is 0 Å². The Morgan fingerprint density at radius 2 is 1.90 bits per heavy atom. The summed E-state index contributed by atoms with van der Waals surface area (Å²) < 4.78 is 0. The molecule has 0 N–H and O–H groups in total. The topological polar surface area (TPSA) is 18.5 Å². The molecule has 0 spiro atoms. The van der Waals surface area contributed by atoms with Crippen LogP contribution in [-0.2, 0) is 9.78 Å². The van der Waals surface area contributed by atoms with Gasteiger partial charge in [0.25, 0.3) is 0 Å². The molecule has 0 fully saturated rings. The van der Waals surface area contributed by atoms with Crippen molar-refractivity contribution in [3.63, 3.8) is 0 Å². The molecule has 0 rings (SSSR count). The number of hydrogen-bond acceptors (Lipinski definition) is 2. The van der Waals surface area contributed by atoms with Gasteiger partial charge in [0, 0.05) is 0 Å². The van der Waals surface area contributed by atoms with Crippen molar-refractivity contribution in [3.05, 3.63) is 0 Å². The molecule has 0 radical (unpaired) electrons. The van der Waals surface area contributed by atoms with Gasteiger partial charge in [0.15, 0.2) is 0 Å². The van der Waals surface area contributed by atoms with E-state index < -0.39 is 0 Å². The molecule has 0 aromatic carbocycles. The van der Waals surface area contributed by atoms with Gasteiger partial charge < -0.3 is 0 Å². The number of hydrogen-bond donors (Lipinski definition) is 0. The normalized spacial score (nSPS) is 10.8. The van der Waals surface area contributed by atoms with E-state index in [0.717, 1.165) is 18.9 Å². The molecule has 0 atom stereocenters. The van der Waals surface area contributed by atoms with Gasteiger partial charge in [-0.25, -0.2) is 9.78 Å². The van der Waals surface area contributed by atoms with Crippen LogP contribution >= 0.6 is 0 Å². The summed E-state index contributed by atoms with van der Waals surface area (Å²) in [6, 6.07) is 0. The highest BCUT2D eigenvalue weighted by Gasteiger charge is 1.93. The smallest absolute Gasteiger partial charge is 0.0822 e. The van der Waals surface area contributed by atoms with Crippen LogP contribution in [0.5, 0.6) is 0 Å². The minimum atomic E-state index is 0.641. The lowest BCUT2D eigenvalue weighted by atomic mass is 10.1. The second kappa shape index (κ2) is 7.03. The lowest BCUT2D eigenvalue weighted by Crippen LogP contribution is -1.97. The van der Waals surface area contributed by atoms with E-state index in [-0.39, 0.29) is 0 Å². The highest BCUT2D eigenvalue weighted by Crippen LogP contribution is 2.02. The van der Waals surface area contributed by atoms with Crippen molar-refractivity contribution in [2.45, 2.75) is 33.6 Å². The maximum Gasteiger partial charge on any atom is 0.0822 e. The Hall–Kier alpha value is -0.0800. The third-order valence-corrected chi connectivity index (χ3v) is 1.21. The highest BCUT2D eigenvalue weighted by atomic mass is 17.2. The van der Waals surface area contributed by atoms with Gasteiger partial charge in [-0.05, 0) is 25.7 Å². The Kier molecular flexibility index (Phi) is 6.98. The first-order chi connectivity index (χ1) is 4.77. The summed E-state index contributed by atoms with van der Waals surface area (Å²) in [5, 5.41) is 0. The molecular weight excluding hydrogens is 128 g/mol. The molecule has 0 aromatic rings. The van der Waals surface area contributed by atoms with Crippen molar-refractivity contribution in [2.75, 3.05) is 13.2 Å². The second-order valence-corrected chi connectivity index (χ2v) is 2.76. The summed E-state index contributed by atoms with van der Waals surface area (Å²) in [6.07, 6.45) is 2.31. The van der Waals surface area contributed by atoms with Gasteiger partial charge in [-0.2, -0.15) is 0 Å². The average Bonchev–Trinajstić information content (AvgIpc) is 1.87. The Morgan fingerprint density at radius 3 is 2.40 bits per heavy atom. The third-order valence-electron chi connectivity index (χ3n) is 1.21. The summed E-state index contributed by atoms with van der Waals surface area (Å²) in [5.41, 5.74) is 0. The lowest BCUT2D eigenvalue weighted by Gasteiger charge is -2.03. The predicted octanol–water partition coefficient (Wildman–Crippen LogP) is 2.39. The van der Waals surface area contributed by atoms with Crippen LogP contribution in [-0.4, -0.2) is 13.2 Å². The first kappa shape index (κ1) is 9.92. The number of rotatable bonds is 6. The van der Waals surface area contributed by atoms with Crippen LogP contribution in [0.1, 0.15) is 33.6 Å². The summed E-state index contributed by atoms with van der Waals surface area (Å²) >= 11 is 0. The van der Waals surface area contributed by atoms with Crippen molar-refractivity contribution in [3.8, 4) is 0 Å². The fourth-order valence-electron chi connectivity index (χ4n) is 0.693.